The number of benzene rings is 2. The number of carbonyl (C=O) groups excluding carboxylic acids is 2. The molecule has 0 fully saturated rings. The number of hydrogen-bond acceptors (Lipinski definition) is 8. The first kappa shape index (κ1) is 37.4. The van der Waals surface area contributed by atoms with Gasteiger partial charge >= 0.3 is 48.9 Å². The van der Waals surface area contributed by atoms with Gasteiger partial charge < -0.3 is 41.7 Å². The van der Waals surface area contributed by atoms with E-state index in [1.807, 2.05) is 0 Å². The number of nitrogens with zero attached hydrogens (tertiary/aromatic N) is 2. The van der Waals surface area contributed by atoms with Crippen molar-refractivity contribution in [2.45, 2.75) is 0 Å². The van der Waals surface area contributed by atoms with Gasteiger partial charge in [-0.05, 0) is 0 Å². The molecule has 0 radical (unpaired) electrons. The summed E-state index contributed by atoms with van der Waals surface area (Å²) in [4.78, 5) is 39.5. The first-order valence-corrected chi connectivity index (χ1v) is 6.14. The number of carbonyl (C=O) groups is 2. The molecule has 0 heterocycles. The van der Waals surface area contributed by atoms with E-state index in [0.717, 1.165) is 12.1 Å². The topological polar surface area (TPSA) is 293 Å². The van der Waals surface area contributed by atoms with Crippen LogP contribution in [-0.4, -0.2) is 92.6 Å². The van der Waals surface area contributed by atoms with Gasteiger partial charge in [0.2, 0.25) is 0 Å². The molecule has 2 rings (SSSR count). The number of rotatable bonds is 4. The van der Waals surface area contributed by atoms with Gasteiger partial charge in [0.25, 0.3) is 11.4 Å². The molecule has 0 unspecified atom stereocenters. The summed E-state index contributed by atoms with van der Waals surface area (Å²) in [6.45, 7) is 0. The molecular formula is C14H16BaN2O12. The fourth-order valence-electron chi connectivity index (χ4n) is 1.49. The van der Waals surface area contributed by atoms with E-state index in [2.05, 4.69) is 0 Å². The number of carboxylic acids is 2. The molecule has 8 N–H and O–H groups in total. The molecule has 156 valence electrons. The Balaban J connectivity index is -0.000000113. The number of nitro benzene ring substituents is 2. The van der Waals surface area contributed by atoms with E-state index in [-0.39, 0.29) is 93.3 Å². The molecule has 15 heteroatoms. The van der Waals surface area contributed by atoms with Crippen LogP contribution < -0.4 is 10.2 Å². The summed E-state index contributed by atoms with van der Waals surface area (Å²) >= 11 is 0. The molecule has 0 saturated heterocycles. The van der Waals surface area contributed by atoms with Crippen LogP contribution in [0.4, 0.5) is 11.4 Å². The van der Waals surface area contributed by atoms with E-state index in [1.54, 1.807) is 0 Å². The van der Waals surface area contributed by atoms with Crippen molar-refractivity contribution in [3.05, 3.63) is 79.9 Å². The zero-order valence-corrected chi connectivity index (χ0v) is 18.9. The molecule has 0 bridgehead atoms. The SMILES string of the molecule is O.O.O.O.O=C([O-])c1cccc([N+](=O)[O-])c1.O=C([O-])c1cccc([N+](=O)[O-])c1.[Ba+2]. The van der Waals surface area contributed by atoms with E-state index in [0.29, 0.717) is 0 Å². The van der Waals surface area contributed by atoms with Gasteiger partial charge in [-0.2, -0.15) is 0 Å². The van der Waals surface area contributed by atoms with Gasteiger partial charge in [-0.25, -0.2) is 0 Å². The zero-order chi connectivity index (χ0) is 18.3. The monoisotopic (exact) mass is 542 g/mol. The van der Waals surface area contributed by atoms with Crippen LogP contribution in [0.3, 0.4) is 0 Å². The molecule has 2 aromatic carbocycles. The average Bonchev–Trinajstić information content (AvgIpc) is 2.55. The van der Waals surface area contributed by atoms with Crippen molar-refractivity contribution in [2.24, 2.45) is 0 Å². The van der Waals surface area contributed by atoms with Crippen LogP contribution in [-0.2, 0) is 0 Å². The minimum absolute atomic E-state index is 0. The summed E-state index contributed by atoms with van der Waals surface area (Å²) in [7, 11) is 0. The molecule has 0 amide bonds. The van der Waals surface area contributed by atoms with Crippen LogP contribution in [0.25, 0.3) is 0 Å². The van der Waals surface area contributed by atoms with Crippen molar-refractivity contribution in [1.29, 1.82) is 0 Å². The van der Waals surface area contributed by atoms with Crippen LogP contribution in [0.1, 0.15) is 20.7 Å². The zero-order valence-electron chi connectivity index (χ0n) is 14.5. The van der Waals surface area contributed by atoms with Gasteiger partial charge in [0, 0.05) is 35.4 Å². The van der Waals surface area contributed by atoms with Crippen molar-refractivity contribution in [3.8, 4) is 0 Å². The molecular weight excluding hydrogens is 525 g/mol. The summed E-state index contributed by atoms with van der Waals surface area (Å²) in [5.41, 5.74) is -0.887. The largest absolute Gasteiger partial charge is 2.00 e. The predicted octanol–water partition coefficient (Wildman–Crippen LogP) is -3.76. The first-order valence-electron chi connectivity index (χ1n) is 6.14. The smallest absolute Gasteiger partial charge is 0.545 e. The van der Waals surface area contributed by atoms with Crippen molar-refractivity contribution in [2.75, 3.05) is 0 Å². The molecule has 0 aromatic heterocycles. The summed E-state index contributed by atoms with van der Waals surface area (Å²) < 4.78 is 0. The maximum absolute atomic E-state index is 10.2. The number of non-ortho nitro benzene ring substituents is 2. The van der Waals surface area contributed by atoms with Crippen molar-refractivity contribution in [3.63, 3.8) is 0 Å². The minimum Gasteiger partial charge on any atom is -0.545 e. The standard InChI is InChI=1S/2C7H5NO4.Ba.4H2O/c2*9-7(10)5-2-1-3-6(4-5)8(11)12;;;;;/h2*1-4H,(H,9,10);;4*1H2/q;;+2;;;;/p-2. The van der Waals surface area contributed by atoms with Gasteiger partial charge in [-0.15, -0.1) is 0 Å². The second-order valence-electron chi connectivity index (χ2n) is 4.19. The Morgan fingerprint density at radius 3 is 1.14 bits per heavy atom. The third-order valence-corrected chi connectivity index (χ3v) is 2.59. The van der Waals surface area contributed by atoms with E-state index in [1.165, 1.54) is 36.4 Å². The summed E-state index contributed by atoms with van der Waals surface area (Å²) in [5, 5.41) is 40.8. The molecule has 0 saturated carbocycles. The van der Waals surface area contributed by atoms with E-state index >= 15 is 0 Å². The molecule has 14 nitrogen and oxygen atoms in total. The van der Waals surface area contributed by atoms with Gasteiger partial charge in [-0.3, -0.25) is 20.2 Å². The number of hydrogen-bond donors (Lipinski definition) is 0. The first-order chi connectivity index (χ1) is 11.2. The Bertz CT molecular complexity index is 689. The number of carboxylic acid groups (broad SMARTS) is 2. The van der Waals surface area contributed by atoms with Crippen molar-refractivity contribution in [1.82, 2.24) is 0 Å². The Morgan fingerprint density at radius 2 is 0.931 bits per heavy atom. The number of nitro groups is 2. The van der Waals surface area contributed by atoms with Crippen molar-refractivity contribution >= 4 is 72.2 Å². The van der Waals surface area contributed by atoms with E-state index < -0.39 is 21.8 Å². The maximum Gasteiger partial charge on any atom is 2.00 e. The van der Waals surface area contributed by atoms with Gasteiger partial charge in [0.05, 0.1) is 21.8 Å². The summed E-state index contributed by atoms with van der Waals surface area (Å²) in [6, 6.07) is 9.40. The van der Waals surface area contributed by atoms with Crippen LogP contribution in [0.15, 0.2) is 48.5 Å². The van der Waals surface area contributed by atoms with E-state index in [4.69, 9.17) is 0 Å². The van der Waals surface area contributed by atoms with Gasteiger partial charge in [0.1, 0.15) is 0 Å². The predicted molar refractivity (Wildman–Crippen MR) is 95.1 cm³/mol. The van der Waals surface area contributed by atoms with E-state index in [9.17, 15) is 40.0 Å². The average molecular weight is 542 g/mol. The van der Waals surface area contributed by atoms with Gasteiger partial charge in [0.15, 0.2) is 0 Å². The molecule has 0 aliphatic rings. The normalized spacial score (nSPS) is 7.72. The molecule has 0 spiro atoms. The van der Waals surface area contributed by atoms with Crippen molar-refractivity contribution < 1.29 is 51.6 Å². The number of aromatic carboxylic acids is 2. The second-order valence-corrected chi connectivity index (χ2v) is 4.19. The second kappa shape index (κ2) is 17.7. The Kier molecular flexibility index (Phi) is 22.8. The van der Waals surface area contributed by atoms with Crippen LogP contribution in [0, 0.1) is 20.2 Å². The third-order valence-electron chi connectivity index (χ3n) is 2.59. The fraction of sp³-hybridized carbons (Fsp3) is 0. The van der Waals surface area contributed by atoms with Crippen LogP contribution >= 0.6 is 0 Å². The molecule has 0 atom stereocenters. The quantitative estimate of drug-likeness (QED) is 0.210. The Labute approximate surface area is 202 Å². The minimum atomic E-state index is -1.42. The molecule has 0 aliphatic heterocycles. The Hall–Kier alpha value is -2.41. The van der Waals surface area contributed by atoms with Crippen LogP contribution in [0.5, 0.6) is 0 Å². The summed E-state index contributed by atoms with van der Waals surface area (Å²) in [6.07, 6.45) is 0. The molecule has 29 heavy (non-hydrogen) atoms. The fourth-order valence-corrected chi connectivity index (χ4v) is 1.49. The summed E-state index contributed by atoms with van der Waals surface area (Å²) in [5.74, 6) is -2.84. The molecule has 0 aliphatic carbocycles. The Morgan fingerprint density at radius 1 is 0.655 bits per heavy atom. The molecule has 2 aromatic rings. The van der Waals surface area contributed by atoms with Gasteiger partial charge in [-0.1, -0.05) is 24.3 Å². The third kappa shape index (κ3) is 12.6. The maximum atomic E-state index is 10.2. The van der Waals surface area contributed by atoms with Crippen LogP contribution in [0.2, 0.25) is 0 Å².